The lowest BCUT2D eigenvalue weighted by molar-refractivity contribution is -0.116. The Morgan fingerprint density at radius 2 is 1.90 bits per heavy atom. The molecule has 0 saturated carbocycles. The van der Waals surface area contributed by atoms with Crippen molar-refractivity contribution in [2.45, 2.75) is 39.8 Å². The normalized spacial score (nSPS) is 11.3. The van der Waals surface area contributed by atoms with Crippen LogP contribution in [0.1, 0.15) is 37.7 Å². The van der Waals surface area contributed by atoms with Crippen molar-refractivity contribution in [3.63, 3.8) is 0 Å². The fourth-order valence-electron chi connectivity index (χ4n) is 3.13. The average molecular weight is 421 g/mol. The van der Waals surface area contributed by atoms with Crippen LogP contribution in [0.4, 0.5) is 0 Å². The van der Waals surface area contributed by atoms with E-state index in [0.29, 0.717) is 34.5 Å². The van der Waals surface area contributed by atoms with Crippen LogP contribution in [-0.4, -0.2) is 19.1 Å². The molecule has 0 spiro atoms. The van der Waals surface area contributed by atoms with Gasteiger partial charge in [-0.2, -0.15) is 0 Å². The molecular formula is C25H27NO5. The number of hydrogen-bond donors (Lipinski definition) is 1. The predicted octanol–water partition coefficient (Wildman–Crippen LogP) is 4.48. The maximum absolute atomic E-state index is 12.5. The van der Waals surface area contributed by atoms with Gasteiger partial charge in [0.05, 0.1) is 30.7 Å². The molecule has 2 aromatic carbocycles. The Balaban J connectivity index is 1.85. The van der Waals surface area contributed by atoms with E-state index < -0.39 is 0 Å². The van der Waals surface area contributed by atoms with Crippen LogP contribution >= 0.6 is 0 Å². The van der Waals surface area contributed by atoms with Crippen LogP contribution in [-0.2, 0) is 17.8 Å². The van der Waals surface area contributed by atoms with Crippen LogP contribution in [0.5, 0.6) is 11.5 Å². The molecule has 1 aromatic heterocycles. The molecule has 6 nitrogen and oxygen atoms in total. The fraction of sp³-hybridized carbons (Fsp3) is 0.280. The molecule has 162 valence electrons. The Labute approximate surface area is 181 Å². The van der Waals surface area contributed by atoms with Crippen LogP contribution in [0.25, 0.3) is 17.0 Å². The lowest BCUT2D eigenvalue weighted by Gasteiger charge is -2.16. The molecular weight excluding hydrogens is 394 g/mol. The van der Waals surface area contributed by atoms with Gasteiger partial charge in [0, 0.05) is 18.6 Å². The number of hydrogen-bond acceptors (Lipinski definition) is 5. The van der Waals surface area contributed by atoms with Crippen molar-refractivity contribution >= 4 is 23.0 Å². The number of carbonyl (C=O) groups excluding carboxylic acids is 1. The minimum absolute atomic E-state index is 0.0667. The van der Waals surface area contributed by atoms with Gasteiger partial charge in [0.1, 0.15) is 22.8 Å². The SMILES string of the molecule is CCc1cc(=O)c2ccc(OC(C)C)c(CNC(=O)/C=C/c3ccc(OC)cc3)c2o1. The third kappa shape index (κ3) is 5.54. The van der Waals surface area contributed by atoms with Gasteiger partial charge in [-0.3, -0.25) is 9.59 Å². The van der Waals surface area contributed by atoms with E-state index in [1.807, 2.05) is 45.0 Å². The van der Waals surface area contributed by atoms with Gasteiger partial charge in [-0.25, -0.2) is 0 Å². The molecule has 3 rings (SSSR count). The van der Waals surface area contributed by atoms with Gasteiger partial charge in [0.25, 0.3) is 0 Å². The van der Waals surface area contributed by atoms with Crippen LogP contribution in [0.15, 0.2) is 57.8 Å². The van der Waals surface area contributed by atoms with Gasteiger partial charge >= 0.3 is 0 Å². The highest BCUT2D eigenvalue weighted by atomic mass is 16.5. The van der Waals surface area contributed by atoms with Crippen molar-refractivity contribution in [3.05, 3.63) is 75.7 Å². The summed E-state index contributed by atoms with van der Waals surface area (Å²) >= 11 is 0. The Morgan fingerprint density at radius 1 is 1.16 bits per heavy atom. The molecule has 1 amide bonds. The van der Waals surface area contributed by atoms with E-state index in [2.05, 4.69) is 5.32 Å². The summed E-state index contributed by atoms with van der Waals surface area (Å²) in [6.45, 7) is 5.93. The van der Waals surface area contributed by atoms with Gasteiger partial charge in [-0.1, -0.05) is 19.1 Å². The van der Waals surface area contributed by atoms with E-state index in [9.17, 15) is 9.59 Å². The quantitative estimate of drug-likeness (QED) is 0.543. The number of methoxy groups -OCH3 is 1. The molecule has 1 heterocycles. The van der Waals surface area contributed by atoms with Crippen molar-refractivity contribution in [2.75, 3.05) is 7.11 Å². The minimum atomic E-state index is -0.266. The smallest absolute Gasteiger partial charge is 0.244 e. The fourth-order valence-corrected chi connectivity index (χ4v) is 3.13. The monoisotopic (exact) mass is 421 g/mol. The van der Waals surface area contributed by atoms with Gasteiger partial charge < -0.3 is 19.2 Å². The van der Waals surface area contributed by atoms with E-state index in [1.54, 1.807) is 25.3 Å². The second kappa shape index (κ2) is 9.98. The second-order valence-electron chi connectivity index (χ2n) is 7.34. The molecule has 31 heavy (non-hydrogen) atoms. The van der Waals surface area contributed by atoms with Gasteiger partial charge in [-0.15, -0.1) is 0 Å². The first-order valence-corrected chi connectivity index (χ1v) is 10.3. The van der Waals surface area contributed by atoms with Gasteiger partial charge in [0.15, 0.2) is 5.43 Å². The van der Waals surface area contributed by atoms with E-state index in [0.717, 1.165) is 11.3 Å². The van der Waals surface area contributed by atoms with Crippen LogP contribution in [0.3, 0.4) is 0 Å². The third-order valence-corrected chi connectivity index (χ3v) is 4.70. The molecule has 0 aliphatic rings. The van der Waals surface area contributed by atoms with Crippen molar-refractivity contribution in [2.24, 2.45) is 0 Å². The number of nitrogens with one attached hydrogen (secondary N) is 1. The van der Waals surface area contributed by atoms with Crippen molar-refractivity contribution < 1.29 is 18.7 Å². The van der Waals surface area contributed by atoms with Crippen molar-refractivity contribution in [1.82, 2.24) is 5.32 Å². The first-order chi connectivity index (χ1) is 14.9. The predicted molar refractivity (Wildman–Crippen MR) is 122 cm³/mol. The van der Waals surface area contributed by atoms with E-state index in [4.69, 9.17) is 13.9 Å². The maximum Gasteiger partial charge on any atom is 0.244 e. The first kappa shape index (κ1) is 22.2. The molecule has 3 aromatic rings. The summed E-state index contributed by atoms with van der Waals surface area (Å²) in [5, 5.41) is 3.33. The Hall–Kier alpha value is -3.54. The molecule has 6 heteroatoms. The van der Waals surface area contributed by atoms with Crippen molar-refractivity contribution in [1.29, 1.82) is 0 Å². The second-order valence-corrected chi connectivity index (χ2v) is 7.34. The number of fused-ring (bicyclic) bond motifs is 1. The van der Waals surface area contributed by atoms with Crippen LogP contribution in [0, 0.1) is 0 Å². The minimum Gasteiger partial charge on any atom is -0.497 e. The topological polar surface area (TPSA) is 77.8 Å². The first-order valence-electron chi connectivity index (χ1n) is 10.3. The molecule has 0 atom stereocenters. The zero-order chi connectivity index (χ0) is 22.4. The summed E-state index contributed by atoms with van der Waals surface area (Å²) in [5.41, 5.74) is 1.86. The number of ether oxygens (including phenoxy) is 2. The number of rotatable bonds is 8. The number of aryl methyl sites for hydroxylation is 1. The number of carbonyl (C=O) groups is 1. The highest BCUT2D eigenvalue weighted by Gasteiger charge is 2.16. The Morgan fingerprint density at radius 3 is 2.55 bits per heavy atom. The summed E-state index contributed by atoms with van der Waals surface area (Å²) in [7, 11) is 1.61. The molecule has 0 unspecified atom stereocenters. The highest BCUT2D eigenvalue weighted by molar-refractivity contribution is 5.92. The zero-order valence-electron chi connectivity index (χ0n) is 18.2. The standard InChI is InChI=1S/C25H27NO5/c1-5-18-14-22(27)20-11-12-23(30-16(2)3)21(25(20)31-18)15-26-24(28)13-8-17-6-9-19(29-4)10-7-17/h6-14,16H,5,15H2,1-4H3,(H,26,28)/b13-8+. The zero-order valence-corrected chi connectivity index (χ0v) is 18.2. The number of benzene rings is 2. The summed E-state index contributed by atoms with van der Waals surface area (Å²) in [6.07, 6.45) is 3.71. The lowest BCUT2D eigenvalue weighted by Crippen LogP contribution is -2.22. The van der Waals surface area contributed by atoms with Crippen LogP contribution in [0.2, 0.25) is 0 Å². The molecule has 0 fully saturated rings. The molecule has 0 saturated heterocycles. The summed E-state index contributed by atoms with van der Waals surface area (Å²) in [5.74, 6) is 1.66. The van der Waals surface area contributed by atoms with Gasteiger partial charge in [0.2, 0.25) is 5.91 Å². The third-order valence-electron chi connectivity index (χ3n) is 4.70. The summed E-state index contributed by atoms with van der Waals surface area (Å²) in [6, 6.07) is 12.3. The molecule has 0 radical (unpaired) electrons. The summed E-state index contributed by atoms with van der Waals surface area (Å²) < 4.78 is 17.0. The average Bonchev–Trinajstić information content (AvgIpc) is 2.76. The number of amides is 1. The van der Waals surface area contributed by atoms with E-state index >= 15 is 0 Å². The molecule has 1 N–H and O–H groups in total. The molecule has 0 aliphatic carbocycles. The van der Waals surface area contributed by atoms with E-state index in [-0.39, 0.29) is 24.0 Å². The van der Waals surface area contributed by atoms with E-state index in [1.165, 1.54) is 12.1 Å². The summed E-state index contributed by atoms with van der Waals surface area (Å²) in [4.78, 5) is 24.9. The van der Waals surface area contributed by atoms with Crippen molar-refractivity contribution in [3.8, 4) is 11.5 Å². The highest BCUT2D eigenvalue weighted by Crippen LogP contribution is 2.28. The lowest BCUT2D eigenvalue weighted by atomic mass is 10.1. The Bertz CT molecular complexity index is 1140. The van der Waals surface area contributed by atoms with Gasteiger partial charge in [-0.05, 0) is 49.8 Å². The maximum atomic E-state index is 12.5. The van der Waals surface area contributed by atoms with Crippen LogP contribution < -0.4 is 20.2 Å². The molecule has 0 aliphatic heterocycles. The Kier molecular flexibility index (Phi) is 7.13. The largest absolute Gasteiger partial charge is 0.497 e. The molecule has 0 bridgehead atoms.